The zero-order chi connectivity index (χ0) is 21.6. The van der Waals surface area contributed by atoms with Crippen molar-refractivity contribution in [3.63, 3.8) is 0 Å². The molecule has 0 radical (unpaired) electrons. The van der Waals surface area contributed by atoms with Crippen LogP contribution in [0.3, 0.4) is 0 Å². The molecule has 1 atom stereocenters. The lowest BCUT2D eigenvalue weighted by atomic mass is 10.1. The van der Waals surface area contributed by atoms with Gasteiger partial charge < -0.3 is 19.0 Å². The molecule has 0 aliphatic carbocycles. The number of carbonyl (C=O) groups excluding carboxylic acids is 1. The second kappa shape index (κ2) is 10.1. The van der Waals surface area contributed by atoms with E-state index in [9.17, 15) is 4.79 Å². The van der Waals surface area contributed by atoms with Gasteiger partial charge in [0.15, 0.2) is 5.82 Å². The van der Waals surface area contributed by atoms with E-state index in [2.05, 4.69) is 20.4 Å². The van der Waals surface area contributed by atoms with E-state index >= 15 is 0 Å². The van der Waals surface area contributed by atoms with Crippen LogP contribution in [0, 0.1) is 13.8 Å². The molecule has 0 saturated carbocycles. The van der Waals surface area contributed by atoms with Gasteiger partial charge in [0.05, 0.1) is 30.6 Å². The van der Waals surface area contributed by atoms with Crippen molar-refractivity contribution >= 4 is 17.7 Å². The van der Waals surface area contributed by atoms with E-state index in [-0.39, 0.29) is 11.9 Å². The number of carbonyl (C=O) groups is 1. The standard InChI is InChI=1S/C22H26N4O4S/c1-15-7-8-19(29-15)18(26-9-11-28-12-10-26)13-23-22(27)17-5-3-4-6-20(17)31-14-21-24-16(2)25-30-21/h3-8,18H,9-14H2,1-2H3,(H,23,27). The molecule has 9 heteroatoms. The molecular formula is C22H26N4O4S. The Morgan fingerprint density at radius 2 is 2.00 bits per heavy atom. The number of amides is 1. The van der Waals surface area contributed by atoms with E-state index in [1.165, 1.54) is 11.8 Å². The van der Waals surface area contributed by atoms with Gasteiger partial charge in [-0.25, -0.2) is 0 Å². The lowest BCUT2D eigenvalue weighted by Crippen LogP contribution is -2.43. The molecule has 164 valence electrons. The summed E-state index contributed by atoms with van der Waals surface area (Å²) in [6, 6.07) is 11.4. The molecule has 1 N–H and O–H groups in total. The number of nitrogens with zero attached hydrogens (tertiary/aromatic N) is 3. The Labute approximate surface area is 185 Å². The van der Waals surface area contributed by atoms with E-state index in [4.69, 9.17) is 13.7 Å². The first-order chi connectivity index (χ1) is 15.1. The summed E-state index contributed by atoms with van der Waals surface area (Å²) in [5.41, 5.74) is 0.625. The van der Waals surface area contributed by atoms with Crippen LogP contribution in [0.1, 0.15) is 39.6 Å². The average Bonchev–Trinajstić information content (AvgIpc) is 3.41. The van der Waals surface area contributed by atoms with Crippen molar-refractivity contribution in [2.75, 3.05) is 32.8 Å². The van der Waals surface area contributed by atoms with Crippen LogP contribution >= 0.6 is 11.8 Å². The smallest absolute Gasteiger partial charge is 0.252 e. The largest absolute Gasteiger partial charge is 0.465 e. The monoisotopic (exact) mass is 442 g/mol. The Morgan fingerprint density at radius 1 is 1.19 bits per heavy atom. The average molecular weight is 443 g/mol. The van der Waals surface area contributed by atoms with Crippen LogP contribution in [0.2, 0.25) is 0 Å². The molecular weight excluding hydrogens is 416 g/mol. The summed E-state index contributed by atoms with van der Waals surface area (Å²) in [7, 11) is 0. The van der Waals surface area contributed by atoms with E-state index in [0.717, 1.165) is 29.5 Å². The molecule has 1 amide bonds. The van der Waals surface area contributed by atoms with Crippen LogP contribution in [-0.2, 0) is 10.5 Å². The lowest BCUT2D eigenvalue weighted by Gasteiger charge is -2.33. The predicted molar refractivity (Wildman–Crippen MR) is 116 cm³/mol. The van der Waals surface area contributed by atoms with E-state index in [1.54, 1.807) is 6.92 Å². The molecule has 0 bridgehead atoms. The van der Waals surface area contributed by atoms with Gasteiger partial charge in [-0.15, -0.1) is 11.8 Å². The van der Waals surface area contributed by atoms with Crippen LogP contribution in [0.25, 0.3) is 0 Å². The van der Waals surface area contributed by atoms with Crippen molar-refractivity contribution in [1.29, 1.82) is 0 Å². The van der Waals surface area contributed by atoms with Gasteiger partial charge >= 0.3 is 0 Å². The molecule has 3 heterocycles. The zero-order valence-corrected chi connectivity index (χ0v) is 18.5. The summed E-state index contributed by atoms with van der Waals surface area (Å²) < 4.78 is 16.6. The zero-order valence-electron chi connectivity index (χ0n) is 17.7. The second-order valence-corrected chi connectivity index (χ2v) is 8.36. The van der Waals surface area contributed by atoms with Gasteiger partial charge in [-0.1, -0.05) is 17.3 Å². The number of furan rings is 1. The fraction of sp³-hybridized carbons (Fsp3) is 0.409. The number of hydrogen-bond donors (Lipinski definition) is 1. The topological polar surface area (TPSA) is 93.6 Å². The molecule has 0 spiro atoms. The van der Waals surface area contributed by atoms with Gasteiger partial charge in [0, 0.05) is 24.5 Å². The lowest BCUT2D eigenvalue weighted by molar-refractivity contribution is 0.0117. The van der Waals surface area contributed by atoms with Crippen molar-refractivity contribution in [3.05, 3.63) is 65.2 Å². The maximum atomic E-state index is 13.1. The highest BCUT2D eigenvalue weighted by Crippen LogP contribution is 2.27. The summed E-state index contributed by atoms with van der Waals surface area (Å²) in [5.74, 6) is 3.24. The van der Waals surface area contributed by atoms with Crippen molar-refractivity contribution in [3.8, 4) is 0 Å². The number of aromatic nitrogens is 2. The second-order valence-electron chi connectivity index (χ2n) is 7.34. The molecule has 31 heavy (non-hydrogen) atoms. The normalized spacial score (nSPS) is 15.7. The molecule has 1 unspecified atom stereocenters. The maximum Gasteiger partial charge on any atom is 0.252 e. The molecule has 3 aromatic rings. The fourth-order valence-corrected chi connectivity index (χ4v) is 4.42. The van der Waals surface area contributed by atoms with Gasteiger partial charge in [-0.05, 0) is 38.1 Å². The van der Waals surface area contributed by atoms with E-state index < -0.39 is 0 Å². The summed E-state index contributed by atoms with van der Waals surface area (Å²) >= 11 is 1.50. The Morgan fingerprint density at radius 3 is 2.71 bits per heavy atom. The highest BCUT2D eigenvalue weighted by molar-refractivity contribution is 7.98. The quantitative estimate of drug-likeness (QED) is 0.531. The number of morpholine rings is 1. The highest BCUT2D eigenvalue weighted by Gasteiger charge is 2.26. The number of rotatable bonds is 8. The maximum absolute atomic E-state index is 13.1. The number of thioether (sulfide) groups is 1. The third-order valence-corrected chi connectivity index (χ3v) is 6.14. The molecule has 8 nitrogen and oxygen atoms in total. The number of ether oxygens (including phenoxy) is 1. The number of hydrogen-bond acceptors (Lipinski definition) is 8. The van der Waals surface area contributed by atoms with Gasteiger partial charge in [-0.2, -0.15) is 4.98 Å². The molecule has 2 aromatic heterocycles. The number of nitrogens with one attached hydrogen (secondary N) is 1. The Kier molecular flexibility index (Phi) is 7.06. The van der Waals surface area contributed by atoms with Gasteiger partial charge in [0.2, 0.25) is 5.89 Å². The summed E-state index contributed by atoms with van der Waals surface area (Å²) in [5, 5.41) is 6.91. The molecule has 1 aliphatic heterocycles. The molecule has 1 saturated heterocycles. The summed E-state index contributed by atoms with van der Waals surface area (Å²) in [6.45, 7) is 7.12. The third-order valence-electron chi connectivity index (χ3n) is 5.08. The van der Waals surface area contributed by atoms with Crippen molar-refractivity contribution in [2.24, 2.45) is 0 Å². The molecule has 1 aliphatic rings. The Balaban J connectivity index is 1.44. The molecule has 4 rings (SSSR count). The van der Waals surface area contributed by atoms with Crippen molar-refractivity contribution in [2.45, 2.75) is 30.5 Å². The highest BCUT2D eigenvalue weighted by atomic mass is 32.2. The number of benzene rings is 1. The van der Waals surface area contributed by atoms with Crippen LogP contribution in [0.4, 0.5) is 0 Å². The third kappa shape index (κ3) is 5.55. The van der Waals surface area contributed by atoms with E-state index in [1.807, 2.05) is 43.3 Å². The Hall–Kier alpha value is -2.62. The van der Waals surface area contributed by atoms with Gasteiger partial charge in [0.1, 0.15) is 11.5 Å². The molecule has 1 aromatic carbocycles. The molecule has 1 fully saturated rings. The van der Waals surface area contributed by atoms with Crippen molar-refractivity contribution in [1.82, 2.24) is 20.4 Å². The first-order valence-corrected chi connectivity index (χ1v) is 11.3. The van der Waals surface area contributed by atoms with Crippen LogP contribution in [0.5, 0.6) is 0 Å². The fourth-order valence-electron chi connectivity index (χ4n) is 3.53. The van der Waals surface area contributed by atoms with Crippen LogP contribution < -0.4 is 5.32 Å². The van der Waals surface area contributed by atoms with Crippen LogP contribution in [0.15, 0.2) is 50.2 Å². The first kappa shape index (κ1) is 21.6. The van der Waals surface area contributed by atoms with Crippen LogP contribution in [-0.4, -0.2) is 53.8 Å². The summed E-state index contributed by atoms with van der Waals surface area (Å²) in [4.78, 5) is 20.4. The summed E-state index contributed by atoms with van der Waals surface area (Å²) in [6.07, 6.45) is 0. The minimum Gasteiger partial charge on any atom is -0.465 e. The SMILES string of the molecule is Cc1noc(CSc2ccccc2C(=O)NCC(c2ccc(C)o2)N2CCOCC2)n1. The van der Waals surface area contributed by atoms with Gasteiger partial charge in [0.25, 0.3) is 5.91 Å². The Bertz CT molecular complexity index is 1010. The minimum absolute atomic E-state index is 0.0391. The predicted octanol–water partition coefficient (Wildman–Crippen LogP) is 3.38. The number of aryl methyl sites for hydroxylation is 2. The minimum atomic E-state index is -0.119. The van der Waals surface area contributed by atoms with Gasteiger partial charge in [-0.3, -0.25) is 9.69 Å². The van der Waals surface area contributed by atoms with Crippen molar-refractivity contribution < 1.29 is 18.5 Å². The van der Waals surface area contributed by atoms with E-state index in [0.29, 0.717) is 42.8 Å². The first-order valence-electron chi connectivity index (χ1n) is 10.3.